The summed E-state index contributed by atoms with van der Waals surface area (Å²) in [6.07, 6.45) is 0. The molecule has 1 atom stereocenters. The van der Waals surface area contributed by atoms with Crippen LogP contribution in [0.2, 0.25) is 0 Å². The molecule has 3 heteroatoms. The summed E-state index contributed by atoms with van der Waals surface area (Å²) in [6.45, 7) is 7.67. The molecule has 0 heterocycles. The quantitative estimate of drug-likeness (QED) is 0.723. The highest BCUT2D eigenvalue weighted by molar-refractivity contribution is 5.97. The summed E-state index contributed by atoms with van der Waals surface area (Å²) >= 11 is 0. The van der Waals surface area contributed by atoms with E-state index in [1.807, 2.05) is 49.9 Å². The molecule has 96 valence electrons. The van der Waals surface area contributed by atoms with Gasteiger partial charge in [0.1, 0.15) is 0 Å². The van der Waals surface area contributed by atoms with Gasteiger partial charge in [0.2, 0.25) is 0 Å². The highest BCUT2D eigenvalue weighted by Gasteiger charge is 2.13. The Hall–Kier alpha value is -1.66. The smallest absolute Gasteiger partial charge is 0.176 e. The van der Waals surface area contributed by atoms with Crippen LogP contribution in [0.5, 0.6) is 0 Å². The first-order chi connectivity index (χ1) is 8.56. The second kappa shape index (κ2) is 6.93. The van der Waals surface area contributed by atoms with Gasteiger partial charge in [-0.1, -0.05) is 30.7 Å². The molecule has 0 radical (unpaired) electrons. The van der Waals surface area contributed by atoms with Gasteiger partial charge >= 0.3 is 0 Å². The minimum atomic E-state index is -0.0461. The number of ketones is 1. The van der Waals surface area contributed by atoms with Crippen molar-refractivity contribution in [2.45, 2.75) is 20.8 Å². The molecule has 1 aromatic carbocycles. The van der Waals surface area contributed by atoms with E-state index >= 15 is 0 Å². The summed E-state index contributed by atoms with van der Waals surface area (Å²) in [4.78, 5) is 14.1. The maximum Gasteiger partial charge on any atom is 0.176 e. The molecule has 0 aromatic heterocycles. The van der Waals surface area contributed by atoms with Crippen LogP contribution in [0.25, 0.3) is 0 Å². The van der Waals surface area contributed by atoms with Gasteiger partial charge in [0.25, 0.3) is 0 Å². The van der Waals surface area contributed by atoms with Gasteiger partial charge in [-0.05, 0) is 26.5 Å². The zero-order chi connectivity index (χ0) is 13.5. The minimum Gasteiger partial charge on any atom is -0.295 e. The van der Waals surface area contributed by atoms with E-state index in [1.165, 1.54) is 0 Å². The third kappa shape index (κ3) is 4.31. The third-order valence-electron chi connectivity index (χ3n) is 2.91. The van der Waals surface area contributed by atoms with Crippen LogP contribution in [0.3, 0.4) is 0 Å². The van der Waals surface area contributed by atoms with Crippen LogP contribution < -0.4 is 0 Å². The molecule has 0 fully saturated rings. The van der Waals surface area contributed by atoms with Gasteiger partial charge in [0.15, 0.2) is 5.78 Å². The Morgan fingerprint density at radius 3 is 2.78 bits per heavy atom. The first kappa shape index (κ1) is 14.4. The summed E-state index contributed by atoms with van der Waals surface area (Å²) in [6, 6.07) is 9.83. The Morgan fingerprint density at radius 2 is 2.22 bits per heavy atom. The van der Waals surface area contributed by atoms with Crippen molar-refractivity contribution >= 4 is 5.78 Å². The molecule has 0 bridgehead atoms. The minimum absolute atomic E-state index is 0.0461. The molecule has 0 amide bonds. The van der Waals surface area contributed by atoms with Gasteiger partial charge < -0.3 is 0 Å². The zero-order valence-corrected chi connectivity index (χ0v) is 11.3. The predicted octanol–water partition coefficient (Wildman–Crippen LogP) is 2.66. The van der Waals surface area contributed by atoms with E-state index in [4.69, 9.17) is 5.26 Å². The Bertz CT molecular complexity index is 448. The number of Topliss-reactive ketones (excluding diaryl/α,β-unsaturated/α-hetero) is 1. The number of carbonyl (C=O) groups is 1. The lowest BCUT2D eigenvalue weighted by atomic mass is 10.1. The molecule has 0 saturated heterocycles. The van der Waals surface area contributed by atoms with Crippen LogP contribution in [-0.2, 0) is 0 Å². The van der Waals surface area contributed by atoms with Crippen molar-refractivity contribution in [1.82, 2.24) is 4.90 Å². The van der Waals surface area contributed by atoms with Gasteiger partial charge in [-0.2, -0.15) is 5.26 Å². The normalized spacial score (nSPS) is 12.2. The van der Waals surface area contributed by atoms with Gasteiger partial charge in [-0.15, -0.1) is 0 Å². The number of benzene rings is 1. The summed E-state index contributed by atoms with van der Waals surface area (Å²) in [5, 5.41) is 8.81. The van der Waals surface area contributed by atoms with Crippen molar-refractivity contribution in [2.75, 3.05) is 19.6 Å². The van der Waals surface area contributed by atoms with Crippen molar-refractivity contribution in [3.63, 3.8) is 0 Å². The predicted molar refractivity (Wildman–Crippen MR) is 72.4 cm³/mol. The lowest BCUT2D eigenvalue weighted by Crippen LogP contribution is -2.33. The van der Waals surface area contributed by atoms with Gasteiger partial charge in [0.05, 0.1) is 18.5 Å². The molecule has 0 N–H and O–H groups in total. The number of rotatable bonds is 6. The first-order valence-electron chi connectivity index (χ1n) is 6.28. The van der Waals surface area contributed by atoms with Crippen LogP contribution in [-0.4, -0.2) is 30.3 Å². The fraction of sp³-hybridized carbons (Fsp3) is 0.467. The van der Waals surface area contributed by atoms with Crippen LogP contribution in [0, 0.1) is 24.2 Å². The molecular formula is C15H20N2O. The summed E-state index contributed by atoms with van der Waals surface area (Å²) in [5.74, 6) is 0.0703. The van der Waals surface area contributed by atoms with E-state index in [1.54, 1.807) is 0 Å². The molecule has 0 aliphatic heterocycles. The first-order valence-corrected chi connectivity index (χ1v) is 6.28. The summed E-state index contributed by atoms with van der Waals surface area (Å²) in [5.41, 5.74) is 1.84. The third-order valence-corrected chi connectivity index (χ3v) is 2.91. The lowest BCUT2D eigenvalue weighted by Gasteiger charge is -2.20. The SMILES string of the molecule is CCN(CC(=O)c1cccc(C)c1)CC(C)C#N. The van der Waals surface area contributed by atoms with Gasteiger partial charge in [-0.25, -0.2) is 0 Å². The molecule has 0 spiro atoms. The molecule has 3 nitrogen and oxygen atoms in total. The van der Waals surface area contributed by atoms with Gasteiger partial charge in [0, 0.05) is 12.1 Å². The molecule has 18 heavy (non-hydrogen) atoms. The number of likely N-dealkylation sites (N-methyl/N-ethyl adjacent to an activating group) is 1. The van der Waals surface area contributed by atoms with Crippen LogP contribution in [0.15, 0.2) is 24.3 Å². The number of hydrogen-bond acceptors (Lipinski definition) is 3. The van der Waals surface area contributed by atoms with Crippen LogP contribution in [0.4, 0.5) is 0 Å². The molecule has 1 rings (SSSR count). The number of nitriles is 1. The van der Waals surface area contributed by atoms with E-state index in [2.05, 4.69) is 6.07 Å². The molecular weight excluding hydrogens is 224 g/mol. The molecule has 0 saturated carbocycles. The van der Waals surface area contributed by atoms with Crippen molar-refractivity contribution in [3.05, 3.63) is 35.4 Å². The van der Waals surface area contributed by atoms with E-state index in [0.717, 1.165) is 17.7 Å². The van der Waals surface area contributed by atoms with E-state index < -0.39 is 0 Å². The average Bonchev–Trinajstić information content (AvgIpc) is 2.37. The molecule has 1 aromatic rings. The monoisotopic (exact) mass is 244 g/mol. The highest BCUT2D eigenvalue weighted by atomic mass is 16.1. The number of hydrogen-bond donors (Lipinski definition) is 0. The topological polar surface area (TPSA) is 44.1 Å². The van der Waals surface area contributed by atoms with Crippen molar-refractivity contribution in [3.8, 4) is 6.07 Å². The fourth-order valence-corrected chi connectivity index (χ4v) is 1.85. The molecule has 1 unspecified atom stereocenters. The standard InChI is InChI=1S/C15H20N2O/c1-4-17(10-13(3)9-16)11-15(18)14-7-5-6-12(2)8-14/h5-8,13H,4,10-11H2,1-3H3. The number of nitrogens with zero attached hydrogens (tertiary/aromatic N) is 2. The van der Waals surface area contributed by atoms with E-state index in [0.29, 0.717) is 13.1 Å². The number of carbonyl (C=O) groups excluding carboxylic acids is 1. The van der Waals surface area contributed by atoms with Crippen molar-refractivity contribution < 1.29 is 4.79 Å². The van der Waals surface area contributed by atoms with E-state index in [-0.39, 0.29) is 11.7 Å². The van der Waals surface area contributed by atoms with Crippen LogP contribution >= 0.6 is 0 Å². The van der Waals surface area contributed by atoms with Crippen LogP contribution in [0.1, 0.15) is 29.8 Å². The second-order valence-electron chi connectivity index (χ2n) is 4.65. The van der Waals surface area contributed by atoms with Gasteiger partial charge in [-0.3, -0.25) is 9.69 Å². The fourth-order valence-electron chi connectivity index (χ4n) is 1.85. The average molecular weight is 244 g/mol. The van der Waals surface area contributed by atoms with E-state index in [9.17, 15) is 4.79 Å². The Labute approximate surface area is 109 Å². The Morgan fingerprint density at radius 1 is 1.50 bits per heavy atom. The zero-order valence-electron chi connectivity index (χ0n) is 11.3. The second-order valence-corrected chi connectivity index (χ2v) is 4.65. The summed E-state index contributed by atoms with van der Waals surface area (Å²) in [7, 11) is 0. The molecule has 0 aliphatic carbocycles. The summed E-state index contributed by atoms with van der Waals surface area (Å²) < 4.78 is 0. The highest BCUT2D eigenvalue weighted by Crippen LogP contribution is 2.07. The van der Waals surface area contributed by atoms with Crippen molar-refractivity contribution in [1.29, 1.82) is 5.26 Å². The Balaban J connectivity index is 2.65. The largest absolute Gasteiger partial charge is 0.295 e. The maximum absolute atomic E-state index is 12.1. The maximum atomic E-state index is 12.1. The molecule has 0 aliphatic rings. The van der Waals surface area contributed by atoms with Crippen molar-refractivity contribution in [2.24, 2.45) is 5.92 Å². The Kier molecular flexibility index (Phi) is 5.54. The number of aryl methyl sites for hydroxylation is 1. The lowest BCUT2D eigenvalue weighted by molar-refractivity contribution is 0.0929.